The standard InChI is InChI=1S/C12H22O3/c1-5-6-10(13)7-11-9(2)8-14-12(3,4)15-11/h5,9-11,13H,1,6-8H2,2-4H3/t9-,10+,11+/m1/s1. The molecule has 3 atom stereocenters. The Morgan fingerprint density at radius 2 is 2.27 bits per heavy atom. The monoisotopic (exact) mass is 214 g/mol. The van der Waals surface area contributed by atoms with Gasteiger partial charge in [-0.05, 0) is 20.3 Å². The highest BCUT2D eigenvalue weighted by Gasteiger charge is 2.34. The van der Waals surface area contributed by atoms with Gasteiger partial charge in [0.2, 0.25) is 0 Å². The van der Waals surface area contributed by atoms with Crippen molar-refractivity contribution < 1.29 is 14.6 Å². The average molecular weight is 214 g/mol. The zero-order valence-electron chi connectivity index (χ0n) is 9.90. The van der Waals surface area contributed by atoms with Gasteiger partial charge in [0.15, 0.2) is 5.79 Å². The van der Waals surface area contributed by atoms with E-state index >= 15 is 0 Å². The number of ether oxygens (including phenoxy) is 2. The minimum Gasteiger partial charge on any atom is -0.393 e. The first-order valence-corrected chi connectivity index (χ1v) is 5.55. The van der Waals surface area contributed by atoms with Crippen LogP contribution < -0.4 is 0 Å². The van der Waals surface area contributed by atoms with Crippen LogP contribution in [-0.2, 0) is 9.47 Å². The normalized spacial score (nSPS) is 32.3. The zero-order chi connectivity index (χ0) is 11.5. The van der Waals surface area contributed by atoms with E-state index in [-0.39, 0.29) is 12.2 Å². The first kappa shape index (κ1) is 12.7. The maximum Gasteiger partial charge on any atom is 0.163 e. The van der Waals surface area contributed by atoms with Crippen LogP contribution in [0.2, 0.25) is 0 Å². The lowest BCUT2D eigenvalue weighted by atomic mass is 9.97. The Bertz CT molecular complexity index is 213. The van der Waals surface area contributed by atoms with Crippen molar-refractivity contribution >= 4 is 0 Å². The van der Waals surface area contributed by atoms with Crippen LogP contribution in [0.4, 0.5) is 0 Å². The van der Waals surface area contributed by atoms with Gasteiger partial charge in [-0.3, -0.25) is 0 Å². The molecule has 0 saturated carbocycles. The van der Waals surface area contributed by atoms with E-state index < -0.39 is 5.79 Å². The summed E-state index contributed by atoms with van der Waals surface area (Å²) in [6.07, 6.45) is 2.72. The van der Waals surface area contributed by atoms with Gasteiger partial charge in [-0.25, -0.2) is 0 Å². The lowest BCUT2D eigenvalue weighted by Crippen LogP contribution is -2.45. The zero-order valence-corrected chi connectivity index (χ0v) is 9.90. The maximum absolute atomic E-state index is 9.70. The second-order valence-corrected chi connectivity index (χ2v) is 4.76. The van der Waals surface area contributed by atoms with Crippen molar-refractivity contribution in [2.75, 3.05) is 6.61 Å². The van der Waals surface area contributed by atoms with Crippen LogP contribution in [0.3, 0.4) is 0 Å². The summed E-state index contributed by atoms with van der Waals surface area (Å²) in [6, 6.07) is 0. The summed E-state index contributed by atoms with van der Waals surface area (Å²) in [5, 5.41) is 9.70. The van der Waals surface area contributed by atoms with E-state index in [1.807, 2.05) is 13.8 Å². The summed E-state index contributed by atoms with van der Waals surface area (Å²) in [5.41, 5.74) is 0. The fourth-order valence-corrected chi connectivity index (χ4v) is 1.79. The van der Waals surface area contributed by atoms with Crippen LogP contribution in [0.5, 0.6) is 0 Å². The van der Waals surface area contributed by atoms with E-state index in [9.17, 15) is 5.11 Å². The lowest BCUT2D eigenvalue weighted by molar-refractivity contribution is -0.294. The molecule has 0 aromatic rings. The molecule has 0 aromatic heterocycles. The Kier molecular flexibility index (Phi) is 4.32. The summed E-state index contributed by atoms with van der Waals surface area (Å²) in [7, 11) is 0. The van der Waals surface area contributed by atoms with Crippen LogP contribution >= 0.6 is 0 Å². The topological polar surface area (TPSA) is 38.7 Å². The molecule has 88 valence electrons. The van der Waals surface area contributed by atoms with Gasteiger partial charge in [-0.2, -0.15) is 0 Å². The molecular formula is C12H22O3. The van der Waals surface area contributed by atoms with Crippen molar-refractivity contribution in [1.29, 1.82) is 0 Å². The van der Waals surface area contributed by atoms with Crippen LogP contribution in [0.25, 0.3) is 0 Å². The largest absolute Gasteiger partial charge is 0.393 e. The highest BCUT2D eigenvalue weighted by Crippen LogP contribution is 2.28. The van der Waals surface area contributed by atoms with Gasteiger partial charge in [-0.15, -0.1) is 6.58 Å². The fraction of sp³-hybridized carbons (Fsp3) is 0.833. The van der Waals surface area contributed by atoms with Gasteiger partial charge in [0.25, 0.3) is 0 Å². The number of aliphatic hydroxyl groups is 1. The molecule has 15 heavy (non-hydrogen) atoms. The molecule has 0 amide bonds. The van der Waals surface area contributed by atoms with Gasteiger partial charge >= 0.3 is 0 Å². The molecule has 1 saturated heterocycles. The third-order valence-electron chi connectivity index (χ3n) is 2.71. The van der Waals surface area contributed by atoms with E-state index in [4.69, 9.17) is 9.47 Å². The lowest BCUT2D eigenvalue weighted by Gasteiger charge is -2.40. The van der Waals surface area contributed by atoms with E-state index in [1.54, 1.807) is 6.08 Å². The third-order valence-corrected chi connectivity index (χ3v) is 2.71. The summed E-state index contributed by atoms with van der Waals surface area (Å²) in [5.74, 6) is -0.192. The summed E-state index contributed by atoms with van der Waals surface area (Å²) in [4.78, 5) is 0. The maximum atomic E-state index is 9.70. The third kappa shape index (κ3) is 3.93. The molecule has 0 radical (unpaired) electrons. The minimum absolute atomic E-state index is 0.0729. The average Bonchev–Trinajstić information content (AvgIpc) is 2.11. The Hall–Kier alpha value is -0.380. The highest BCUT2D eigenvalue weighted by atomic mass is 16.7. The van der Waals surface area contributed by atoms with Crippen LogP contribution in [0.1, 0.15) is 33.6 Å². The van der Waals surface area contributed by atoms with Crippen molar-refractivity contribution in [3.8, 4) is 0 Å². The van der Waals surface area contributed by atoms with E-state index in [0.717, 1.165) is 0 Å². The molecule has 1 N–H and O–H groups in total. The molecule has 1 aliphatic rings. The summed E-state index contributed by atoms with van der Waals surface area (Å²) < 4.78 is 11.3. The Balaban J connectivity index is 2.47. The highest BCUT2D eigenvalue weighted by molar-refractivity contribution is 4.80. The van der Waals surface area contributed by atoms with E-state index in [0.29, 0.717) is 25.4 Å². The molecule has 1 rings (SSSR count). The fourth-order valence-electron chi connectivity index (χ4n) is 1.79. The number of aliphatic hydroxyl groups excluding tert-OH is 1. The molecule has 0 bridgehead atoms. The van der Waals surface area contributed by atoms with Gasteiger partial charge in [-0.1, -0.05) is 13.0 Å². The summed E-state index contributed by atoms with van der Waals surface area (Å²) in [6.45, 7) is 10.2. The molecule has 0 aromatic carbocycles. The second-order valence-electron chi connectivity index (χ2n) is 4.76. The van der Waals surface area contributed by atoms with Gasteiger partial charge in [0.1, 0.15) is 0 Å². The molecule has 0 aliphatic carbocycles. The van der Waals surface area contributed by atoms with Gasteiger partial charge < -0.3 is 14.6 Å². The van der Waals surface area contributed by atoms with Crippen molar-refractivity contribution in [2.24, 2.45) is 5.92 Å². The Morgan fingerprint density at radius 3 is 2.87 bits per heavy atom. The Morgan fingerprint density at radius 1 is 1.60 bits per heavy atom. The molecular weight excluding hydrogens is 192 g/mol. The van der Waals surface area contributed by atoms with Crippen molar-refractivity contribution in [1.82, 2.24) is 0 Å². The van der Waals surface area contributed by atoms with Crippen LogP contribution in [0.15, 0.2) is 12.7 Å². The number of hydrogen-bond donors (Lipinski definition) is 1. The predicted octanol–water partition coefficient (Wildman–Crippen LogP) is 2.10. The molecule has 1 fully saturated rings. The quantitative estimate of drug-likeness (QED) is 0.728. The first-order chi connectivity index (χ1) is 6.94. The molecule has 3 heteroatoms. The molecule has 1 heterocycles. The van der Waals surface area contributed by atoms with E-state index in [2.05, 4.69) is 13.5 Å². The SMILES string of the molecule is C=CC[C@H](O)C[C@@H]1OC(C)(C)OC[C@H]1C. The van der Waals surface area contributed by atoms with Crippen LogP contribution in [-0.4, -0.2) is 29.7 Å². The molecule has 0 spiro atoms. The molecule has 1 aliphatic heterocycles. The van der Waals surface area contributed by atoms with Gasteiger partial charge in [0, 0.05) is 12.3 Å². The van der Waals surface area contributed by atoms with Gasteiger partial charge in [0.05, 0.1) is 18.8 Å². The van der Waals surface area contributed by atoms with Crippen molar-refractivity contribution in [3.63, 3.8) is 0 Å². The van der Waals surface area contributed by atoms with E-state index in [1.165, 1.54) is 0 Å². The van der Waals surface area contributed by atoms with Crippen molar-refractivity contribution in [2.45, 2.75) is 51.6 Å². The van der Waals surface area contributed by atoms with Crippen LogP contribution in [0, 0.1) is 5.92 Å². The predicted molar refractivity (Wildman–Crippen MR) is 59.5 cm³/mol. The smallest absolute Gasteiger partial charge is 0.163 e. The first-order valence-electron chi connectivity index (χ1n) is 5.55. The number of rotatable bonds is 4. The summed E-state index contributed by atoms with van der Waals surface area (Å²) >= 11 is 0. The Labute approximate surface area is 92.1 Å². The number of hydrogen-bond acceptors (Lipinski definition) is 3. The molecule has 0 unspecified atom stereocenters. The second kappa shape index (κ2) is 5.10. The molecule has 3 nitrogen and oxygen atoms in total. The van der Waals surface area contributed by atoms with Crippen molar-refractivity contribution in [3.05, 3.63) is 12.7 Å². The minimum atomic E-state index is -0.523.